The summed E-state index contributed by atoms with van der Waals surface area (Å²) >= 11 is 5.80. The van der Waals surface area contributed by atoms with E-state index in [-0.39, 0.29) is 19.1 Å². The maximum atomic E-state index is 11.6. The number of carbonyl (C=O) groups excluding carboxylic acids is 2. The lowest BCUT2D eigenvalue weighted by atomic mass is 10.2. The molecule has 0 aliphatic rings. The smallest absolute Gasteiger partial charge is 0.412 e. The number of carbonyl (C=O) groups is 2. The number of nitrogens with one attached hydrogen (secondary N) is 1. The summed E-state index contributed by atoms with van der Waals surface area (Å²) in [7, 11) is 1.72. The van der Waals surface area contributed by atoms with Crippen LogP contribution in [0.25, 0.3) is 0 Å². The van der Waals surface area contributed by atoms with Gasteiger partial charge in [0.2, 0.25) is 0 Å². The molecule has 0 unspecified atom stereocenters. The summed E-state index contributed by atoms with van der Waals surface area (Å²) in [5.74, 6) is 0.133. The molecule has 0 atom stereocenters. The number of ketones is 1. The summed E-state index contributed by atoms with van der Waals surface area (Å²) in [5.41, 5.74) is 0.562. The van der Waals surface area contributed by atoms with E-state index in [9.17, 15) is 9.59 Å². The Labute approximate surface area is 123 Å². The van der Waals surface area contributed by atoms with Gasteiger partial charge in [0.05, 0.1) is 6.54 Å². The lowest BCUT2D eigenvalue weighted by Crippen LogP contribution is -2.30. The molecule has 1 amide bonds. The van der Waals surface area contributed by atoms with Crippen molar-refractivity contribution in [2.75, 3.05) is 25.6 Å². The monoisotopic (exact) mass is 298 g/mol. The van der Waals surface area contributed by atoms with Gasteiger partial charge in [-0.1, -0.05) is 24.6 Å². The predicted molar refractivity (Wildman–Crippen MR) is 79.0 cm³/mol. The Bertz CT molecular complexity index is 465. The molecule has 0 saturated carbocycles. The molecule has 0 bridgehead atoms. The van der Waals surface area contributed by atoms with E-state index in [2.05, 4.69) is 5.32 Å². The molecule has 0 aliphatic carbocycles. The SMILES string of the molecule is CCCC(=O)CN(C)COC(=O)Nc1cccc(Cl)c1. The Kier molecular flexibility index (Phi) is 7.04. The van der Waals surface area contributed by atoms with Gasteiger partial charge in [-0.05, 0) is 31.7 Å². The van der Waals surface area contributed by atoms with Crippen molar-refractivity contribution in [3.8, 4) is 0 Å². The van der Waals surface area contributed by atoms with Gasteiger partial charge in [-0.2, -0.15) is 0 Å². The second-order valence-corrected chi connectivity index (χ2v) is 4.94. The first kappa shape index (κ1) is 16.5. The van der Waals surface area contributed by atoms with Crippen molar-refractivity contribution in [3.63, 3.8) is 0 Å². The molecule has 1 rings (SSSR count). The fourth-order valence-electron chi connectivity index (χ4n) is 1.59. The maximum absolute atomic E-state index is 11.6. The number of benzene rings is 1. The zero-order valence-corrected chi connectivity index (χ0v) is 12.4. The Hall–Kier alpha value is -1.59. The van der Waals surface area contributed by atoms with Gasteiger partial charge in [0.15, 0.2) is 0 Å². The first-order chi connectivity index (χ1) is 9.51. The van der Waals surface area contributed by atoms with Crippen LogP contribution in [0, 0.1) is 0 Å². The minimum Gasteiger partial charge on any atom is -0.433 e. The summed E-state index contributed by atoms with van der Waals surface area (Å²) in [6.45, 7) is 2.28. The number of amides is 1. The van der Waals surface area contributed by atoms with Crippen LogP contribution in [0.1, 0.15) is 19.8 Å². The van der Waals surface area contributed by atoms with E-state index in [4.69, 9.17) is 16.3 Å². The van der Waals surface area contributed by atoms with Crippen molar-refractivity contribution in [1.82, 2.24) is 4.90 Å². The Morgan fingerprint density at radius 2 is 2.15 bits per heavy atom. The molecule has 6 heteroatoms. The lowest BCUT2D eigenvalue weighted by molar-refractivity contribution is -0.120. The number of nitrogens with zero attached hydrogens (tertiary/aromatic N) is 1. The van der Waals surface area contributed by atoms with Gasteiger partial charge < -0.3 is 4.74 Å². The number of anilines is 1. The third-order valence-electron chi connectivity index (χ3n) is 2.46. The molecule has 5 nitrogen and oxygen atoms in total. The molecule has 0 fully saturated rings. The van der Waals surface area contributed by atoms with Crippen molar-refractivity contribution in [2.24, 2.45) is 0 Å². The van der Waals surface area contributed by atoms with Gasteiger partial charge in [-0.15, -0.1) is 0 Å². The van der Waals surface area contributed by atoms with Crippen LogP contribution >= 0.6 is 11.6 Å². The molecule has 0 spiro atoms. The fourth-order valence-corrected chi connectivity index (χ4v) is 1.78. The second-order valence-electron chi connectivity index (χ2n) is 4.50. The topological polar surface area (TPSA) is 58.6 Å². The average Bonchev–Trinajstić information content (AvgIpc) is 2.36. The summed E-state index contributed by atoms with van der Waals surface area (Å²) in [6, 6.07) is 6.78. The first-order valence-corrected chi connectivity index (χ1v) is 6.78. The molecule has 110 valence electrons. The molecule has 0 aromatic heterocycles. The normalized spacial score (nSPS) is 10.4. The number of halogens is 1. The number of Topliss-reactive ketones (excluding diaryl/α,β-unsaturated/α-hetero) is 1. The van der Waals surface area contributed by atoms with Crippen molar-refractivity contribution in [1.29, 1.82) is 0 Å². The summed E-state index contributed by atoms with van der Waals surface area (Å²) in [4.78, 5) is 24.6. The fraction of sp³-hybridized carbons (Fsp3) is 0.429. The van der Waals surface area contributed by atoms with E-state index in [0.717, 1.165) is 6.42 Å². The molecule has 0 heterocycles. The van der Waals surface area contributed by atoms with E-state index >= 15 is 0 Å². The Morgan fingerprint density at radius 3 is 2.80 bits per heavy atom. The molecule has 1 aromatic rings. The number of hydrogen-bond acceptors (Lipinski definition) is 4. The number of ether oxygens (including phenoxy) is 1. The van der Waals surface area contributed by atoms with Crippen molar-refractivity contribution < 1.29 is 14.3 Å². The number of rotatable bonds is 7. The van der Waals surface area contributed by atoms with E-state index in [1.54, 1.807) is 36.2 Å². The highest BCUT2D eigenvalue weighted by Crippen LogP contribution is 2.14. The number of likely N-dealkylation sites (N-methyl/N-ethyl adjacent to an activating group) is 1. The highest BCUT2D eigenvalue weighted by molar-refractivity contribution is 6.30. The van der Waals surface area contributed by atoms with Gasteiger partial charge in [0, 0.05) is 17.1 Å². The molecule has 1 N–H and O–H groups in total. The van der Waals surface area contributed by atoms with Gasteiger partial charge >= 0.3 is 6.09 Å². The summed E-state index contributed by atoms with van der Waals surface area (Å²) in [5, 5.41) is 3.09. The largest absolute Gasteiger partial charge is 0.433 e. The van der Waals surface area contributed by atoms with Gasteiger partial charge in [0.25, 0.3) is 0 Å². The molecular weight excluding hydrogens is 280 g/mol. The van der Waals surface area contributed by atoms with Gasteiger partial charge in [-0.3, -0.25) is 15.0 Å². The third-order valence-corrected chi connectivity index (χ3v) is 2.70. The quantitative estimate of drug-likeness (QED) is 0.786. The van der Waals surface area contributed by atoms with Crippen LogP contribution in [-0.2, 0) is 9.53 Å². The van der Waals surface area contributed by atoms with Crippen LogP contribution in [0.5, 0.6) is 0 Å². The van der Waals surface area contributed by atoms with E-state index in [1.807, 2.05) is 6.92 Å². The minimum atomic E-state index is -0.581. The van der Waals surface area contributed by atoms with Crippen LogP contribution in [-0.4, -0.2) is 37.1 Å². The zero-order valence-electron chi connectivity index (χ0n) is 11.7. The molecule has 0 saturated heterocycles. The molecule has 0 radical (unpaired) electrons. The van der Waals surface area contributed by atoms with Gasteiger partial charge in [0.1, 0.15) is 12.5 Å². The average molecular weight is 299 g/mol. The summed E-state index contributed by atoms with van der Waals surface area (Å²) < 4.78 is 5.01. The van der Waals surface area contributed by atoms with E-state index in [0.29, 0.717) is 17.1 Å². The van der Waals surface area contributed by atoms with Crippen molar-refractivity contribution in [3.05, 3.63) is 29.3 Å². The molecule has 1 aromatic carbocycles. The van der Waals surface area contributed by atoms with Crippen LogP contribution in [0.3, 0.4) is 0 Å². The lowest BCUT2D eigenvalue weighted by Gasteiger charge is -2.16. The van der Waals surface area contributed by atoms with E-state index in [1.165, 1.54) is 0 Å². The van der Waals surface area contributed by atoms with Crippen LogP contribution in [0.4, 0.5) is 10.5 Å². The van der Waals surface area contributed by atoms with Crippen molar-refractivity contribution in [2.45, 2.75) is 19.8 Å². The van der Waals surface area contributed by atoms with Gasteiger partial charge in [-0.25, -0.2) is 4.79 Å². The maximum Gasteiger partial charge on any atom is 0.412 e. The zero-order chi connectivity index (χ0) is 15.0. The summed E-state index contributed by atoms with van der Waals surface area (Å²) in [6.07, 6.45) is 0.782. The van der Waals surface area contributed by atoms with Crippen molar-refractivity contribution >= 4 is 29.2 Å². The molecule has 20 heavy (non-hydrogen) atoms. The van der Waals surface area contributed by atoms with Crippen LogP contribution in [0.2, 0.25) is 5.02 Å². The highest BCUT2D eigenvalue weighted by atomic mass is 35.5. The highest BCUT2D eigenvalue weighted by Gasteiger charge is 2.09. The second kappa shape index (κ2) is 8.55. The predicted octanol–water partition coefficient (Wildman–Crippen LogP) is 3.15. The third kappa shape index (κ3) is 6.54. The molecular formula is C14H19ClN2O3. The first-order valence-electron chi connectivity index (χ1n) is 6.41. The van der Waals surface area contributed by atoms with Crippen LogP contribution < -0.4 is 5.32 Å². The molecule has 0 aliphatic heterocycles. The Morgan fingerprint density at radius 1 is 1.40 bits per heavy atom. The Balaban J connectivity index is 2.31. The van der Waals surface area contributed by atoms with Crippen LogP contribution in [0.15, 0.2) is 24.3 Å². The van der Waals surface area contributed by atoms with E-state index < -0.39 is 6.09 Å². The number of hydrogen-bond donors (Lipinski definition) is 1. The minimum absolute atomic E-state index is 0.0574. The standard InChI is InChI=1S/C14H19ClN2O3/c1-3-5-13(18)9-17(2)10-20-14(19)16-12-7-4-6-11(15)8-12/h4,6-8H,3,5,9-10H2,1-2H3,(H,16,19).